The van der Waals surface area contributed by atoms with E-state index in [2.05, 4.69) is 4.98 Å². The molecule has 3 aromatic rings. The molecule has 4 rings (SSSR count). The fourth-order valence-corrected chi connectivity index (χ4v) is 3.79. The van der Waals surface area contributed by atoms with Gasteiger partial charge in [0.1, 0.15) is 11.3 Å². The van der Waals surface area contributed by atoms with Crippen LogP contribution in [-0.4, -0.2) is 57.5 Å². The first-order chi connectivity index (χ1) is 14.8. The second-order valence-corrected chi connectivity index (χ2v) is 8.62. The summed E-state index contributed by atoms with van der Waals surface area (Å²) in [5.74, 6) is -0.378. The summed E-state index contributed by atoms with van der Waals surface area (Å²) < 4.78 is 12.3. The number of rotatable bonds is 3. The molecule has 31 heavy (non-hydrogen) atoms. The predicted molar refractivity (Wildman–Crippen MR) is 116 cm³/mol. The van der Waals surface area contributed by atoms with Gasteiger partial charge < -0.3 is 14.4 Å². The van der Waals surface area contributed by atoms with Crippen LogP contribution in [0, 0.1) is 0 Å². The van der Waals surface area contributed by atoms with Crippen LogP contribution in [0.5, 0.6) is 0 Å². The quantitative estimate of drug-likeness (QED) is 0.592. The molecule has 0 saturated carbocycles. The minimum absolute atomic E-state index is 0.0421. The van der Waals surface area contributed by atoms with Gasteiger partial charge in [0.25, 0.3) is 0 Å². The predicted octanol–water partition coefficient (Wildman–Crippen LogP) is 4.07. The highest BCUT2D eigenvalue weighted by Gasteiger charge is 2.32. The monoisotopic (exact) mass is 422 g/mol. The lowest BCUT2D eigenvalue weighted by Crippen LogP contribution is -2.35. The van der Waals surface area contributed by atoms with Gasteiger partial charge in [0.15, 0.2) is 0 Å². The average Bonchev–Trinajstić information content (AvgIpc) is 3.37. The first-order valence-electron chi connectivity index (χ1n) is 10.3. The van der Waals surface area contributed by atoms with Crippen LogP contribution >= 0.6 is 0 Å². The molecular formula is C23H26N4O4. The van der Waals surface area contributed by atoms with E-state index in [1.165, 1.54) is 7.11 Å². The Morgan fingerprint density at radius 1 is 1.13 bits per heavy atom. The Labute approximate surface area is 180 Å². The normalized spacial score (nSPS) is 16.5. The Bertz CT molecular complexity index is 1110. The lowest BCUT2D eigenvalue weighted by molar-refractivity contribution is 0.0288. The van der Waals surface area contributed by atoms with Crippen molar-refractivity contribution >= 4 is 23.0 Å². The summed E-state index contributed by atoms with van der Waals surface area (Å²) in [6, 6.07) is 9.13. The fourth-order valence-electron chi connectivity index (χ4n) is 3.79. The Morgan fingerprint density at radius 3 is 2.55 bits per heavy atom. The van der Waals surface area contributed by atoms with Crippen molar-refractivity contribution in [1.82, 2.24) is 19.7 Å². The molecule has 1 aliphatic heterocycles. The minimum atomic E-state index is -0.525. The molecule has 0 bridgehead atoms. The number of benzene rings is 1. The van der Waals surface area contributed by atoms with Gasteiger partial charge in [-0.2, -0.15) is 5.10 Å². The summed E-state index contributed by atoms with van der Waals surface area (Å²) in [5.41, 5.74) is 2.58. The number of esters is 1. The van der Waals surface area contributed by atoms with Gasteiger partial charge >= 0.3 is 12.1 Å². The molecule has 8 heteroatoms. The first kappa shape index (κ1) is 20.8. The first-order valence-corrected chi connectivity index (χ1v) is 10.3. The van der Waals surface area contributed by atoms with E-state index in [-0.39, 0.29) is 18.1 Å². The number of fused-ring (bicyclic) bond motifs is 1. The standard InChI is InChI=1S/C23H26N4O4/c1-23(2,3)31-22(29)26-12-10-17(14-26)27-19-9-11-24-13-18(19)20(25-27)15-5-7-16(8-6-15)21(28)30-4/h5-9,11,13,17H,10,12,14H2,1-4H3/t17-/m1/s1. The molecule has 3 heterocycles. The SMILES string of the molecule is COC(=O)c1ccc(-c2nn([C@@H]3CCN(C(=O)OC(C)(C)C)C3)c3ccncc23)cc1. The summed E-state index contributed by atoms with van der Waals surface area (Å²) in [7, 11) is 1.36. The highest BCUT2D eigenvalue weighted by atomic mass is 16.6. The number of ether oxygens (including phenoxy) is 2. The van der Waals surface area contributed by atoms with Crippen LogP contribution in [0.1, 0.15) is 43.6 Å². The molecule has 1 fully saturated rings. The highest BCUT2D eigenvalue weighted by Crippen LogP contribution is 2.32. The number of pyridine rings is 1. The van der Waals surface area contributed by atoms with Gasteiger partial charge in [-0.25, -0.2) is 9.59 Å². The lowest BCUT2D eigenvalue weighted by Gasteiger charge is -2.24. The maximum atomic E-state index is 12.5. The Kier molecular flexibility index (Phi) is 5.39. The Morgan fingerprint density at radius 2 is 1.87 bits per heavy atom. The Balaban J connectivity index is 1.63. The zero-order valence-electron chi connectivity index (χ0n) is 18.2. The van der Waals surface area contributed by atoms with Crippen molar-refractivity contribution in [2.45, 2.75) is 38.8 Å². The molecule has 0 N–H and O–H groups in total. The van der Waals surface area contributed by atoms with Crippen molar-refractivity contribution in [2.24, 2.45) is 0 Å². The molecule has 0 aliphatic carbocycles. The molecule has 8 nitrogen and oxygen atoms in total. The van der Waals surface area contributed by atoms with Crippen LogP contribution in [0.2, 0.25) is 0 Å². The maximum Gasteiger partial charge on any atom is 0.410 e. The van der Waals surface area contributed by atoms with Crippen molar-refractivity contribution in [3.8, 4) is 11.3 Å². The summed E-state index contributed by atoms with van der Waals surface area (Å²) in [6.45, 7) is 6.75. The number of amides is 1. The topological polar surface area (TPSA) is 86.6 Å². The molecule has 1 aliphatic rings. The lowest BCUT2D eigenvalue weighted by atomic mass is 10.1. The van der Waals surface area contributed by atoms with Crippen LogP contribution in [0.3, 0.4) is 0 Å². The van der Waals surface area contributed by atoms with Gasteiger partial charge in [-0.05, 0) is 45.4 Å². The van der Waals surface area contributed by atoms with Crippen LogP contribution in [0.4, 0.5) is 4.79 Å². The van der Waals surface area contributed by atoms with Gasteiger partial charge in [0, 0.05) is 36.4 Å². The van der Waals surface area contributed by atoms with Crippen LogP contribution < -0.4 is 0 Å². The van der Waals surface area contributed by atoms with Crippen molar-refractivity contribution < 1.29 is 19.1 Å². The van der Waals surface area contributed by atoms with Crippen molar-refractivity contribution in [2.75, 3.05) is 20.2 Å². The fraction of sp³-hybridized carbons (Fsp3) is 0.391. The van der Waals surface area contributed by atoms with E-state index in [0.717, 1.165) is 28.6 Å². The van der Waals surface area contributed by atoms with E-state index in [4.69, 9.17) is 14.6 Å². The third-order valence-corrected chi connectivity index (χ3v) is 5.25. The van der Waals surface area contributed by atoms with Gasteiger partial charge in [0.05, 0.1) is 24.2 Å². The van der Waals surface area contributed by atoms with E-state index in [9.17, 15) is 9.59 Å². The summed E-state index contributed by atoms with van der Waals surface area (Å²) in [5, 5.41) is 5.81. The molecule has 0 unspecified atom stereocenters. The van der Waals surface area contributed by atoms with Crippen molar-refractivity contribution in [3.05, 3.63) is 48.3 Å². The molecular weight excluding hydrogens is 396 g/mol. The second-order valence-electron chi connectivity index (χ2n) is 8.62. The Hall–Kier alpha value is -3.42. The van der Waals surface area contributed by atoms with E-state index in [1.54, 1.807) is 29.4 Å². The number of carbonyl (C=O) groups excluding carboxylic acids is 2. The number of nitrogens with zero attached hydrogens (tertiary/aromatic N) is 4. The van der Waals surface area contributed by atoms with Gasteiger partial charge in [-0.1, -0.05) is 12.1 Å². The summed E-state index contributed by atoms with van der Waals surface area (Å²) >= 11 is 0. The van der Waals surface area contributed by atoms with Gasteiger partial charge in [-0.15, -0.1) is 0 Å². The second kappa shape index (κ2) is 8.02. The van der Waals surface area contributed by atoms with E-state index in [1.807, 2.05) is 43.7 Å². The molecule has 0 radical (unpaired) electrons. The van der Waals surface area contributed by atoms with Crippen LogP contribution in [0.15, 0.2) is 42.7 Å². The minimum Gasteiger partial charge on any atom is -0.465 e. The molecule has 1 aromatic carbocycles. The number of hydrogen-bond donors (Lipinski definition) is 0. The molecule has 1 saturated heterocycles. The van der Waals surface area contributed by atoms with Crippen molar-refractivity contribution in [1.29, 1.82) is 0 Å². The molecule has 162 valence electrons. The van der Waals surface area contributed by atoms with E-state index < -0.39 is 5.60 Å². The van der Waals surface area contributed by atoms with E-state index in [0.29, 0.717) is 18.7 Å². The largest absolute Gasteiger partial charge is 0.465 e. The summed E-state index contributed by atoms with van der Waals surface area (Å²) in [4.78, 5) is 30.2. The number of methoxy groups -OCH3 is 1. The van der Waals surface area contributed by atoms with Crippen LogP contribution in [0.25, 0.3) is 22.2 Å². The summed E-state index contributed by atoms with van der Waals surface area (Å²) in [6.07, 6.45) is 4.03. The highest BCUT2D eigenvalue weighted by molar-refractivity contribution is 5.94. The maximum absolute atomic E-state index is 12.5. The van der Waals surface area contributed by atoms with Crippen molar-refractivity contribution in [3.63, 3.8) is 0 Å². The van der Waals surface area contributed by atoms with Crippen LogP contribution in [-0.2, 0) is 9.47 Å². The van der Waals surface area contributed by atoms with E-state index >= 15 is 0 Å². The van der Waals surface area contributed by atoms with Gasteiger partial charge in [0.2, 0.25) is 0 Å². The molecule has 0 spiro atoms. The average molecular weight is 422 g/mol. The van der Waals surface area contributed by atoms with Gasteiger partial charge in [-0.3, -0.25) is 9.67 Å². The molecule has 2 aromatic heterocycles. The number of aromatic nitrogens is 3. The third kappa shape index (κ3) is 4.23. The zero-order chi connectivity index (χ0) is 22.2. The zero-order valence-corrected chi connectivity index (χ0v) is 18.2. The molecule has 1 amide bonds. The third-order valence-electron chi connectivity index (χ3n) is 5.25. The molecule has 1 atom stereocenters. The number of likely N-dealkylation sites (tertiary alicyclic amines) is 1. The number of carbonyl (C=O) groups is 2. The smallest absolute Gasteiger partial charge is 0.410 e. The number of hydrogen-bond acceptors (Lipinski definition) is 6.